The summed E-state index contributed by atoms with van der Waals surface area (Å²) in [6.45, 7) is 8.54. The maximum atomic E-state index is 13.6. The number of aromatic nitrogens is 2. The van der Waals surface area contributed by atoms with Gasteiger partial charge in [-0.15, -0.1) is 0 Å². The lowest BCUT2D eigenvalue weighted by Gasteiger charge is -2.43. The average Bonchev–Trinajstić information content (AvgIpc) is 3.95. The van der Waals surface area contributed by atoms with Crippen molar-refractivity contribution < 1.29 is 33.8 Å². The normalized spacial score (nSPS) is 22.0. The van der Waals surface area contributed by atoms with Crippen molar-refractivity contribution in [1.82, 2.24) is 25.5 Å². The van der Waals surface area contributed by atoms with Gasteiger partial charge in [0, 0.05) is 43.8 Å². The van der Waals surface area contributed by atoms with Crippen molar-refractivity contribution in [1.29, 1.82) is 0 Å². The van der Waals surface area contributed by atoms with E-state index in [0.717, 1.165) is 63.6 Å². The number of fused-ring (bicyclic) bond motifs is 1. The Labute approximate surface area is 323 Å². The number of amides is 3. The van der Waals surface area contributed by atoms with Gasteiger partial charge in [0.05, 0.1) is 19.0 Å². The molecule has 0 bridgehead atoms. The molecule has 2 aromatic rings. The number of rotatable bonds is 13. The Balaban J connectivity index is 1.12. The van der Waals surface area contributed by atoms with Crippen LogP contribution >= 0.6 is 0 Å². The Morgan fingerprint density at radius 2 is 1.76 bits per heavy atom. The first-order valence-corrected chi connectivity index (χ1v) is 19.9. The highest BCUT2D eigenvalue weighted by atomic mass is 16.6. The number of carbonyl (C=O) groups excluding carboxylic acids is 3. The quantitative estimate of drug-likeness (QED) is 0.203. The second-order valence-corrected chi connectivity index (χ2v) is 16.4. The number of nitrogens with one attached hydrogen (secondary N) is 3. The van der Waals surface area contributed by atoms with Gasteiger partial charge in [0.25, 0.3) is 5.91 Å². The van der Waals surface area contributed by atoms with Crippen molar-refractivity contribution in [3.05, 3.63) is 30.0 Å². The largest absolute Gasteiger partial charge is 0.495 e. The third-order valence-electron chi connectivity index (χ3n) is 11.6. The van der Waals surface area contributed by atoms with Crippen molar-refractivity contribution in [3.8, 4) is 5.75 Å². The lowest BCUT2D eigenvalue weighted by molar-refractivity contribution is -0.140. The third-order valence-corrected chi connectivity index (χ3v) is 11.6. The van der Waals surface area contributed by atoms with Crippen LogP contribution in [0.5, 0.6) is 5.75 Å². The van der Waals surface area contributed by atoms with Gasteiger partial charge in [0.15, 0.2) is 5.82 Å². The Morgan fingerprint density at radius 1 is 1.05 bits per heavy atom. The number of likely N-dealkylation sites (tertiary alicyclic amines) is 1. The van der Waals surface area contributed by atoms with Crippen molar-refractivity contribution in [2.45, 2.75) is 134 Å². The Morgan fingerprint density at radius 3 is 2.42 bits per heavy atom. The molecule has 2 unspecified atom stereocenters. The zero-order valence-corrected chi connectivity index (χ0v) is 33.1. The Kier molecular flexibility index (Phi) is 12.4. The van der Waals surface area contributed by atoms with E-state index in [1.165, 1.54) is 0 Å². The van der Waals surface area contributed by atoms with Gasteiger partial charge in [-0.1, -0.05) is 32.6 Å². The molecule has 1 saturated heterocycles. The molecule has 300 valence electrons. The van der Waals surface area contributed by atoms with Gasteiger partial charge in [-0.2, -0.15) is 4.98 Å². The maximum absolute atomic E-state index is 13.6. The van der Waals surface area contributed by atoms with E-state index in [1.54, 1.807) is 64.2 Å². The average molecular weight is 763 g/mol. The fraction of sp³-hybridized carbons (Fsp3) is 0.650. The molecule has 6 rings (SSSR count). The van der Waals surface area contributed by atoms with Gasteiger partial charge in [0.2, 0.25) is 11.9 Å². The van der Waals surface area contributed by atoms with Crippen molar-refractivity contribution in [2.24, 2.45) is 5.92 Å². The first-order valence-electron chi connectivity index (χ1n) is 19.9. The molecule has 0 spiro atoms. The number of aliphatic carboxylic acids is 1. The zero-order chi connectivity index (χ0) is 39.4. The molecule has 2 aliphatic heterocycles. The molecule has 4 atom stereocenters. The molecule has 1 aromatic heterocycles. The highest BCUT2D eigenvalue weighted by molar-refractivity contribution is 6.04. The van der Waals surface area contributed by atoms with Crippen LogP contribution in [-0.4, -0.2) is 107 Å². The number of nitrogens with zero attached hydrogens (tertiary/aromatic N) is 5. The molecule has 1 aromatic carbocycles. The minimum Gasteiger partial charge on any atom is -0.495 e. The number of likely N-dealkylation sites (N-methyl/N-ethyl adjacent to an activating group) is 1. The highest BCUT2D eigenvalue weighted by Crippen LogP contribution is 2.41. The summed E-state index contributed by atoms with van der Waals surface area (Å²) in [6.07, 6.45) is 11.1. The van der Waals surface area contributed by atoms with Crippen LogP contribution in [0.1, 0.15) is 109 Å². The SMILES string of the molecule is CC[C@@H]1C(=O)N(C)c2cnc(Nc3ccc(C(=O)NC4CCN(C(C[C@H](NC(=O)OC(C)(C)C)C(=O)O)C5CCCC5)C4)cc3OC)nc2N1C1CCCC1. The van der Waals surface area contributed by atoms with Crippen molar-refractivity contribution in [3.63, 3.8) is 0 Å². The van der Waals surface area contributed by atoms with E-state index in [2.05, 4.69) is 30.7 Å². The van der Waals surface area contributed by atoms with E-state index < -0.39 is 23.7 Å². The zero-order valence-electron chi connectivity index (χ0n) is 33.1. The molecule has 15 nitrogen and oxygen atoms in total. The second-order valence-electron chi connectivity index (χ2n) is 16.4. The van der Waals surface area contributed by atoms with Crippen LogP contribution in [0.4, 0.5) is 27.9 Å². The van der Waals surface area contributed by atoms with Gasteiger partial charge in [-0.3, -0.25) is 14.5 Å². The number of carboxylic acids is 1. The van der Waals surface area contributed by atoms with Crippen LogP contribution < -0.4 is 30.5 Å². The molecule has 15 heteroatoms. The van der Waals surface area contributed by atoms with Crippen LogP contribution in [0.2, 0.25) is 0 Å². The number of ether oxygens (including phenoxy) is 2. The standard InChI is InChI=1S/C40H58N8O7/c1-7-30-36(50)46(5)32-22-41-38(45-34(32)48(30)27-14-10-11-15-27)43-28-17-16-25(20-33(28)54-6)35(49)42-26-18-19-47(23-26)31(24-12-8-9-13-24)21-29(37(51)52)44-39(53)55-40(2,3)4/h16-17,20,22,24,26-27,29-31H,7-15,18-19,21,23H2,1-6H3,(H,42,49)(H,44,53)(H,51,52)(H,41,43,45)/t26?,29-,30+,31?/m0/s1. The lowest BCUT2D eigenvalue weighted by atomic mass is 9.91. The first kappa shape index (κ1) is 40.0. The minimum atomic E-state index is -1.09. The molecule has 2 aliphatic carbocycles. The number of anilines is 4. The van der Waals surface area contributed by atoms with Crippen LogP contribution in [-0.2, 0) is 14.3 Å². The fourth-order valence-electron chi connectivity index (χ4n) is 8.87. The van der Waals surface area contributed by atoms with Crippen LogP contribution in [0.3, 0.4) is 0 Å². The van der Waals surface area contributed by atoms with E-state index in [0.29, 0.717) is 54.1 Å². The number of hydrogen-bond acceptors (Lipinski definition) is 11. The molecule has 3 heterocycles. The molecule has 2 saturated carbocycles. The smallest absolute Gasteiger partial charge is 0.408 e. The van der Waals surface area contributed by atoms with E-state index in [-0.39, 0.29) is 42.4 Å². The van der Waals surface area contributed by atoms with Crippen LogP contribution in [0.25, 0.3) is 0 Å². The molecule has 3 amide bonds. The van der Waals surface area contributed by atoms with Gasteiger partial charge in [-0.25, -0.2) is 14.6 Å². The molecular weight excluding hydrogens is 704 g/mol. The molecule has 4 N–H and O–H groups in total. The molecule has 55 heavy (non-hydrogen) atoms. The first-order chi connectivity index (χ1) is 26.3. The van der Waals surface area contributed by atoms with Gasteiger partial charge in [-0.05, 0) is 89.8 Å². The summed E-state index contributed by atoms with van der Waals surface area (Å²) in [5.74, 6) is 0.591. The van der Waals surface area contributed by atoms with Crippen LogP contribution in [0.15, 0.2) is 24.4 Å². The fourth-order valence-corrected chi connectivity index (χ4v) is 8.87. The highest BCUT2D eigenvalue weighted by Gasteiger charge is 2.42. The Bertz CT molecular complexity index is 1720. The molecule has 4 aliphatic rings. The summed E-state index contributed by atoms with van der Waals surface area (Å²) in [4.78, 5) is 67.3. The summed E-state index contributed by atoms with van der Waals surface area (Å²) >= 11 is 0. The predicted octanol–water partition coefficient (Wildman–Crippen LogP) is 5.46. The van der Waals surface area contributed by atoms with Gasteiger partial charge < -0.3 is 40.3 Å². The van der Waals surface area contributed by atoms with E-state index >= 15 is 0 Å². The molecular formula is C40H58N8O7. The monoisotopic (exact) mass is 762 g/mol. The number of benzene rings is 1. The van der Waals surface area contributed by atoms with Crippen molar-refractivity contribution >= 4 is 47.0 Å². The van der Waals surface area contributed by atoms with E-state index in [9.17, 15) is 24.3 Å². The number of alkyl carbamates (subject to hydrolysis) is 1. The minimum absolute atomic E-state index is 0.0557. The number of methoxy groups -OCH3 is 1. The number of hydrogen-bond donors (Lipinski definition) is 4. The summed E-state index contributed by atoms with van der Waals surface area (Å²) in [5, 5.41) is 19.1. The predicted molar refractivity (Wildman–Crippen MR) is 209 cm³/mol. The van der Waals surface area contributed by atoms with Gasteiger partial charge in [0.1, 0.15) is 29.1 Å². The summed E-state index contributed by atoms with van der Waals surface area (Å²) in [7, 11) is 3.32. The van der Waals surface area contributed by atoms with Gasteiger partial charge >= 0.3 is 12.1 Å². The lowest BCUT2D eigenvalue weighted by Crippen LogP contribution is -2.55. The second kappa shape index (κ2) is 17.0. The molecule has 0 radical (unpaired) electrons. The van der Waals surface area contributed by atoms with E-state index in [4.69, 9.17) is 14.5 Å². The maximum Gasteiger partial charge on any atom is 0.408 e. The number of carbonyl (C=O) groups is 4. The Hall–Kier alpha value is -4.66. The summed E-state index contributed by atoms with van der Waals surface area (Å²) in [6, 6.07) is 3.88. The topological polar surface area (TPSA) is 179 Å². The third kappa shape index (κ3) is 9.25. The van der Waals surface area contributed by atoms with E-state index in [1.807, 2.05) is 6.92 Å². The van der Waals surface area contributed by atoms with Crippen molar-refractivity contribution in [2.75, 3.05) is 42.4 Å². The summed E-state index contributed by atoms with van der Waals surface area (Å²) in [5.41, 5.74) is 0.972. The molecule has 3 fully saturated rings. The summed E-state index contributed by atoms with van der Waals surface area (Å²) < 4.78 is 11.1. The number of carboxylic acid groups (broad SMARTS) is 1. The van der Waals surface area contributed by atoms with Crippen LogP contribution in [0, 0.1) is 5.92 Å².